The summed E-state index contributed by atoms with van der Waals surface area (Å²) in [5, 5.41) is 12.0. The minimum Gasteiger partial charge on any atom is -0.241 e. The van der Waals surface area contributed by atoms with Crippen molar-refractivity contribution in [2.75, 3.05) is 0 Å². The quantitative estimate of drug-likeness (QED) is 0.741. The first kappa shape index (κ1) is 14.5. The van der Waals surface area contributed by atoms with Gasteiger partial charge in [-0.1, -0.05) is 45.0 Å². The van der Waals surface area contributed by atoms with E-state index in [9.17, 15) is 5.26 Å². The van der Waals surface area contributed by atoms with Crippen molar-refractivity contribution in [3.8, 4) is 6.07 Å². The summed E-state index contributed by atoms with van der Waals surface area (Å²) in [6.07, 6.45) is 1.89. The number of hydrogen-bond donors (Lipinski definition) is 0. The van der Waals surface area contributed by atoms with Crippen LogP contribution >= 0.6 is 11.3 Å². The van der Waals surface area contributed by atoms with Crippen molar-refractivity contribution in [2.45, 2.75) is 33.1 Å². The Kier molecular flexibility index (Phi) is 4.06. The normalized spacial score (nSPS) is 12.2. The van der Waals surface area contributed by atoms with Gasteiger partial charge in [0.1, 0.15) is 11.1 Å². The standard InChI is InChI=1S/C17H18N2S/c1-12-11-20-16(19-12)14(10-18)9-13-5-7-15(8-6-13)17(2,3)4/h5-9,11H,1-4H3/b14-9+. The summed E-state index contributed by atoms with van der Waals surface area (Å²) in [6.45, 7) is 8.51. The highest BCUT2D eigenvalue weighted by atomic mass is 32.1. The maximum absolute atomic E-state index is 9.28. The predicted molar refractivity (Wildman–Crippen MR) is 85.5 cm³/mol. The van der Waals surface area contributed by atoms with Crippen LogP contribution < -0.4 is 0 Å². The molecule has 3 heteroatoms. The van der Waals surface area contributed by atoms with Crippen molar-refractivity contribution >= 4 is 23.0 Å². The number of aryl methyl sites for hydroxylation is 1. The molecule has 102 valence electrons. The summed E-state index contributed by atoms with van der Waals surface area (Å²) in [7, 11) is 0. The second-order valence-corrected chi connectivity index (χ2v) is 6.69. The number of benzene rings is 1. The summed E-state index contributed by atoms with van der Waals surface area (Å²) < 4.78 is 0. The SMILES string of the molecule is Cc1csc(/C(C#N)=C/c2ccc(C(C)(C)C)cc2)n1. The fourth-order valence-electron chi connectivity index (χ4n) is 1.87. The lowest BCUT2D eigenvalue weighted by atomic mass is 9.86. The average molecular weight is 282 g/mol. The smallest absolute Gasteiger partial charge is 0.134 e. The largest absolute Gasteiger partial charge is 0.241 e. The maximum Gasteiger partial charge on any atom is 0.134 e. The van der Waals surface area contributed by atoms with Crippen LogP contribution in [-0.2, 0) is 5.41 Å². The molecule has 0 atom stereocenters. The van der Waals surface area contributed by atoms with E-state index >= 15 is 0 Å². The van der Waals surface area contributed by atoms with Gasteiger partial charge >= 0.3 is 0 Å². The maximum atomic E-state index is 9.28. The van der Waals surface area contributed by atoms with Gasteiger partial charge in [0.2, 0.25) is 0 Å². The lowest BCUT2D eigenvalue weighted by Crippen LogP contribution is -2.10. The van der Waals surface area contributed by atoms with Gasteiger partial charge in [0.05, 0.1) is 5.57 Å². The molecule has 0 unspecified atom stereocenters. The molecule has 0 radical (unpaired) electrons. The Bertz CT molecular complexity index is 664. The van der Waals surface area contributed by atoms with Crippen molar-refractivity contribution in [1.82, 2.24) is 4.98 Å². The Hall–Kier alpha value is -1.92. The highest BCUT2D eigenvalue weighted by molar-refractivity contribution is 7.11. The number of aromatic nitrogens is 1. The third kappa shape index (κ3) is 3.34. The fraction of sp³-hybridized carbons (Fsp3) is 0.294. The van der Waals surface area contributed by atoms with E-state index in [1.54, 1.807) is 0 Å². The van der Waals surface area contributed by atoms with E-state index in [2.05, 4.69) is 56.1 Å². The van der Waals surface area contributed by atoms with Gasteiger partial charge in [0.25, 0.3) is 0 Å². The predicted octanol–water partition coefficient (Wildman–Crippen LogP) is 4.81. The number of nitrogens with zero attached hydrogens (tertiary/aromatic N) is 2. The van der Waals surface area contributed by atoms with E-state index in [0.29, 0.717) is 5.57 Å². The molecule has 0 amide bonds. The zero-order chi connectivity index (χ0) is 14.8. The molecule has 0 aliphatic carbocycles. The summed E-state index contributed by atoms with van der Waals surface area (Å²) in [5.41, 5.74) is 4.04. The van der Waals surface area contributed by atoms with Crippen molar-refractivity contribution in [3.63, 3.8) is 0 Å². The van der Waals surface area contributed by atoms with E-state index in [1.807, 2.05) is 18.4 Å². The first-order valence-corrected chi connectivity index (χ1v) is 7.43. The van der Waals surface area contributed by atoms with Gasteiger partial charge in [0, 0.05) is 11.1 Å². The zero-order valence-corrected chi connectivity index (χ0v) is 13.1. The molecule has 0 fully saturated rings. The van der Waals surface area contributed by atoms with Crippen LogP contribution in [0.5, 0.6) is 0 Å². The van der Waals surface area contributed by atoms with Gasteiger partial charge in [-0.3, -0.25) is 0 Å². The van der Waals surface area contributed by atoms with Crippen molar-refractivity contribution < 1.29 is 0 Å². The van der Waals surface area contributed by atoms with Crippen LogP contribution in [0.2, 0.25) is 0 Å². The van der Waals surface area contributed by atoms with Crippen molar-refractivity contribution in [2.24, 2.45) is 0 Å². The van der Waals surface area contributed by atoms with Gasteiger partial charge < -0.3 is 0 Å². The molecule has 0 saturated heterocycles. The summed E-state index contributed by atoms with van der Waals surface area (Å²) in [5.74, 6) is 0. The van der Waals surface area contributed by atoms with E-state index in [4.69, 9.17) is 0 Å². The Morgan fingerprint density at radius 1 is 1.25 bits per heavy atom. The second-order valence-electron chi connectivity index (χ2n) is 5.84. The zero-order valence-electron chi connectivity index (χ0n) is 12.3. The highest BCUT2D eigenvalue weighted by Crippen LogP contribution is 2.25. The number of rotatable bonds is 2. The van der Waals surface area contributed by atoms with Crippen molar-refractivity contribution in [1.29, 1.82) is 5.26 Å². The number of thiazole rings is 1. The summed E-state index contributed by atoms with van der Waals surface area (Å²) in [4.78, 5) is 4.36. The summed E-state index contributed by atoms with van der Waals surface area (Å²) in [6, 6.07) is 10.6. The van der Waals surface area contributed by atoms with Crippen LogP contribution in [0.4, 0.5) is 0 Å². The van der Waals surface area contributed by atoms with Crippen LogP contribution in [-0.4, -0.2) is 4.98 Å². The Labute approximate surface area is 124 Å². The molecule has 0 aliphatic heterocycles. The molecule has 1 aromatic heterocycles. The van der Waals surface area contributed by atoms with Crippen LogP contribution in [0.3, 0.4) is 0 Å². The monoisotopic (exact) mass is 282 g/mol. The molecule has 1 heterocycles. The minimum absolute atomic E-state index is 0.146. The van der Waals surface area contributed by atoms with Gasteiger partial charge in [-0.05, 0) is 29.5 Å². The molecule has 20 heavy (non-hydrogen) atoms. The van der Waals surface area contributed by atoms with Crippen LogP contribution in [0.25, 0.3) is 11.6 Å². The molecular weight excluding hydrogens is 264 g/mol. The molecule has 2 rings (SSSR count). The van der Waals surface area contributed by atoms with Gasteiger partial charge in [-0.15, -0.1) is 11.3 Å². The molecule has 0 N–H and O–H groups in total. The second kappa shape index (κ2) is 5.60. The van der Waals surface area contributed by atoms with E-state index in [1.165, 1.54) is 16.9 Å². The molecule has 0 aliphatic rings. The first-order valence-electron chi connectivity index (χ1n) is 6.55. The topological polar surface area (TPSA) is 36.7 Å². The third-order valence-electron chi connectivity index (χ3n) is 3.06. The third-order valence-corrected chi connectivity index (χ3v) is 4.05. The fourth-order valence-corrected chi connectivity index (χ4v) is 2.63. The molecule has 2 nitrogen and oxygen atoms in total. The molecule has 0 bridgehead atoms. The molecular formula is C17H18N2S. The lowest BCUT2D eigenvalue weighted by Gasteiger charge is -2.18. The van der Waals surface area contributed by atoms with Crippen molar-refractivity contribution in [3.05, 3.63) is 51.5 Å². The highest BCUT2D eigenvalue weighted by Gasteiger charge is 2.12. The van der Waals surface area contributed by atoms with Crippen LogP contribution in [0, 0.1) is 18.3 Å². The van der Waals surface area contributed by atoms with E-state index in [-0.39, 0.29) is 5.41 Å². The van der Waals surface area contributed by atoms with Crippen LogP contribution in [0.1, 0.15) is 42.6 Å². The first-order chi connectivity index (χ1) is 9.40. The number of allylic oxidation sites excluding steroid dienone is 1. The minimum atomic E-state index is 0.146. The Morgan fingerprint density at radius 3 is 2.35 bits per heavy atom. The van der Waals surface area contributed by atoms with Gasteiger partial charge in [0.15, 0.2) is 0 Å². The molecule has 0 saturated carbocycles. The average Bonchev–Trinajstić information content (AvgIpc) is 2.82. The number of nitriles is 1. The number of hydrogen-bond acceptors (Lipinski definition) is 3. The molecule has 2 aromatic rings. The van der Waals surface area contributed by atoms with Gasteiger partial charge in [-0.2, -0.15) is 5.26 Å². The Morgan fingerprint density at radius 2 is 1.90 bits per heavy atom. The summed E-state index contributed by atoms with van der Waals surface area (Å²) >= 11 is 1.51. The van der Waals surface area contributed by atoms with Crippen LogP contribution in [0.15, 0.2) is 29.6 Å². The van der Waals surface area contributed by atoms with E-state index < -0.39 is 0 Å². The molecule has 0 spiro atoms. The lowest BCUT2D eigenvalue weighted by molar-refractivity contribution is 0.590. The van der Waals surface area contributed by atoms with Gasteiger partial charge in [-0.25, -0.2) is 4.98 Å². The van der Waals surface area contributed by atoms with E-state index in [0.717, 1.165) is 16.3 Å². The Balaban J connectivity index is 2.32. The molecule has 1 aromatic carbocycles.